The van der Waals surface area contributed by atoms with Gasteiger partial charge >= 0.3 is 0 Å². The van der Waals surface area contributed by atoms with E-state index in [0.717, 1.165) is 6.54 Å². The summed E-state index contributed by atoms with van der Waals surface area (Å²) < 4.78 is 1.83. The number of nitrogens with one attached hydrogen (secondary N) is 1. The van der Waals surface area contributed by atoms with E-state index in [4.69, 9.17) is 0 Å². The quantitative estimate of drug-likeness (QED) is 0.737. The normalized spacial score (nSPS) is 10.0. The Morgan fingerprint density at radius 3 is 2.93 bits per heavy atom. The highest BCUT2D eigenvalue weighted by Gasteiger charge is 2.08. The predicted octanol–water partition coefficient (Wildman–Crippen LogP) is 0.0528. The number of carbonyl (C=O) groups is 2. The van der Waals surface area contributed by atoms with Crippen molar-refractivity contribution in [3.05, 3.63) is 6.33 Å². The van der Waals surface area contributed by atoms with Gasteiger partial charge in [-0.3, -0.25) is 14.9 Å². The molecule has 0 saturated heterocycles. The first-order chi connectivity index (χ1) is 7.13. The number of aryl methyl sites for hydroxylation is 1. The molecule has 1 N–H and O–H groups in total. The topological polar surface area (TPSA) is 76.9 Å². The van der Waals surface area contributed by atoms with Crippen LogP contribution in [0, 0.1) is 0 Å². The Bertz CT molecular complexity index is 363. The van der Waals surface area contributed by atoms with E-state index in [1.807, 2.05) is 11.5 Å². The van der Waals surface area contributed by atoms with Crippen molar-refractivity contribution < 1.29 is 9.59 Å². The van der Waals surface area contributed by atoms with Crippen LogP contribution in [0.3, 0.4) is 0 Å². The van der Waals surface area contributed by atoms with Gasteiger partial charge in [0.15, 0.2) is 5.16 Å². The molecule has 0 unspecified atom stereocenters. The second-order valence-corrected chi connectivity index (χ2v) is 3.74. The van der Waals surface area contributed by atoms with Crippen LogP contribution in [-0.4, -0.2) is 32.3 Å². The third kappa shape index (κ3) is 3.70. The van der Waals surface area contributed by atoms with Gasteiger partial charge in [0.2, 0.25) is 11.8 Å². The summed E-state index contributed by atoms with van der Waals surface area (Å²) in [7, 11) is 0. The maximum atomic E-state index is 11.1. The number of rotatable bonds is 4. The summed E-state index contributed by atoms with van der Waals surface area (Å²) >= 11 is 1.25. The zero-order valence-corrected chi connectivity index (χ0v) is 9.37. The maximum absolute atomic E-state index is 11.1. The van der Waals surface area contributed by atoms with Gasteiger partial charge < -0.3 is 4.57 Å². The summed E-state index contributed by atoms with van der Waals surface area (Å²) in [6, 6.07) is 0. The minimum absolute atomic E-state index is 0.165. The van der Waals surface area contributed by atoms with E-state index in [1.165, 1.54) is 18.7 Å². The van der Waals surface area contributed by atoms with Gasteiger partial charge in [0, 0.05) is 13.5 Å². The van der Waals surface area contributed by atoms with Gasteiger partial charge in [0.05, 0.1) is 5.75 Å². The Kier molecular flexibility index (Phi) is 4.29. The molecule has 0 aliphatic heterocycles. The van der Waals surface area contributed by atoms with Gasteiger partial charge in [-0.25, -0.2) is 0 Å². The van der Waals surface area contributed by atoms with Crippen molar-refractivity contribution in [2.45, 2.75) is 25.5 Å². The van der Waals surface area contributed by atoms with Crippen LogP contribution in [0.2, 0.25) is 0 Å². The molecule has 0 spiro atoms. The van der Waals surface area contributed by atoms with Gasteiger partial charge in [-0.2, -0.15) is 0 Å². The highest BCUT2D eigenvalue weighted by molar-refractivity contribution is 7.99. The molecular weight excluding hydrogens is 216 g/mol. The molecule has 1 aromatic rings. The van der Waals surface area contributed by atoms with Crippen LogP contribution < -0.4 is 5.32 Å². The lowest BCUT2D eigenvalue weighted by Crippen LogP contribution is -2.29. The molecule has 7 heteroatoms. The van der Waals surface area contributed by atoms with Crippen LogP contribution in [-0.2, 0) is 16.1 Å². The number of nitrogens with zero attached hydrogens (tertiary/aromatic N) is 3. The first-order valence-electron chi connectivity index (χ1n) is 4.44. The summed E-state index contributed by atoms with van der Waals surface area (Å²) in [5.74, 6) is -0.506. The van der Waals surface area contributed by atoms with Crippen molar-refractivity contribution in [2.75, 3.05) is 5.75 Å². The van der Waals surface area contributed by atoms with Crippen LogP contribution >= 0.6 is 11.8 Å². The van der Waals surface area contributed by atoms with E-state index in [-0.39, 0.29) is 17.6 Å². The van der Waals surface area contributed by atoms with Gasteiger partial charge in [-0.05, 0) is 6.92 Å². The molecule has 1 heterocycles. The van der Waals surface area contributed by atoms with Crippen molar-refractivity contribution in [3.63, 3.8) is 0 Å². The van der Waals surface area contributed by atoms with Crippen LogP contribution in [0.5, 0.6) is 0 Å². The Hall–Kier alpha value is -1.37. The van der Waals surface area contributed by atoms with E-state index in [0.29, 0.717) is 5.16 Å². The zero-order chi connectivity index (χ0) is 11.3. The molecule has 82 valence electrons. The van der Waals surface area contributed by atoms with E-state index >= 15 is 0 Å². The Balaban J connectivity index is 2.43. The van der Waals surface area contributed by atoms with Crippen molar-refractivity contribution in [1.29, 1.82) is 0 Å². The van der Waals surface area contributed by atoms with Crippen LogP contribution in [0.15, 0.2) is 11.5 Å². The smallest absolute Gasteiger partial charge is 0.237 e. The summed E-state index contributed by atoms with van der Waals surface area (Å²) in [6.45, 7) is 4.02. The number of carbonyl (C=O) groups excluding carboxylic acids is 2. The molecule has 15 heavy (non-hydrogen) atoms. The van der Waals surface area contributed by atoms with Crippen molar-refractivity contribution in [1.82, 2.24) is 20.1 Å². The fraction of sp³-hybridized carbons (Fsp3) is 0.500. The highest BCUT2D eigenvalue weighted by atomic mass is 32.2. The predicted molar refractivity (Wildman–Crippen MR) is 55.2 cm³/mol. The number of imide groups is 1. The van der Waals surface area contributed by atoms with Crippen molar-refractivity contribution >= 4 is 23.6 Å². The molecule has 0 bridgehead atoms. The number of thioether (sulfide) groups is 1. The maximum Gasteiger partial charge on any atom is 0.237 e. The summed E-state index contributed by atoms with van der Waals surface area (Å²) in [6.07, 6.45) is 1.60. The lowest BCUT2D eigenvalue weighted by molar-refractivity contribution is -0.127. The highest BCUT2D eigenvalue weighted by Crippen LogP contribution is 2.13. The lowest BCUT2D eigenvalue weighted by atomic mass is 10.6. The molecule has 0 atom stereocenters. The molecule has 0 radical (unpaired) electrons. The summed E-state index contributed by atoms with van der Waals surface area (Å²) in [5.41, 5.74) is 0. The van der Waals surface area contributed by atoms with Gasteiger partial charge in [-0.1, -0.05) is 11.8 Å². The second-order valence-electron chi connectivity index (χ2n) is 2.79. The molecule has 1 aromatic heterocycles. The first-order valence-corrected chi connectivity index (χ1v) is 5.43. The van der Waals surface area contributed by atoms with E-state index in [9.17, 15) is 9.59 Å². The fourth-order valence-corrected chi connectivity index (χ4v) is 1.71. The molecule has 1 rings (SSSR count). The zero-order valence-electron chi connectivity index (χ0n) is 8.56. The van der Waals surface area contributed by atoms with Gasteiger partial charge in [-0.15, -0.1) is 10.2 Å². The second kappa shape index (κ2) is 5.50. The van der Waals surface area contributed by atoms with Crippen molar-refractivity contribution in [3.8, 4) is 0 Å². The fourth-order valence-electron chi connectivity index (χ4n) is 0.936. The van der Waals surface area contributed by atoms with Crippen LogP contribution in [0.25, 0.3) is 0 Å². The van der Waals surface area contributed by atoms with Gasteiger partial charge in [0.25, 0.3) is 0 Å². The Labute approximate surface area is 91.4 Å². The van der Waals surface area contributed by atoms with Crippen molar-refractivity contribution in [2.24, 2.45) is 0 Å². The third-order valence-corrected chi connectivity index (χ3v) is 2.55. The molecule has 2 amide bonds. The average molecular weight is 228 g/mol. The molecule has 0 fully saturated rings. The lowest BCUT2D eigenvalue weighted by Gasteiger charge is -2.02. The summed E-state index contributed by atoms with van der Waals surface area (Å²) in [4.78, 5) is 21.7. The molecule has 0 saturated carbocycles. The average Bonchev–Trinajstić information content (AvgIpc) is 2.60. The SMILES string of the molecule is CCn1cnnc1SCC(=O)NC(C)=O. The first kappa shape index (κ1) is 11.7. The Morgan fingerprint density at radius 2 is 2.33 bits per heavy atom. The third-order valence-electron chi connectivity index (χ3n) is 1.57. The molecule has 0 aliphatic carbocycles. The van der Waals surface area contributed by atoms with E-state index < -0.39 is 0 Å². The van der Waals surface area contributed by atoms with Gasteiger partial charge in [0.1, 0.15) is 6.33 Å². The number of hydrogen-bond donors (Lipinski definition) is 1. The molecular formula is C8H12N4O2S. The van der Waals surface area contributed by atoms with Crippen LogP contribution in [0.4, 0.5) is 0 Å². The minimum atomic E-state index is -0.349. The number of amides is 2. The molecule has 0 aliphatic rings. The number of hydrogen-bond acceptors (Lipinski definition) is 5. The van der Waals surface area contributed by atoms with Crippen LogP contribution in [0.1, 0.15) is 13.8 Å². The summed E-state index contributed by atoms with van der Waals surface area (Å²) in [5, 5.41) is 10.4. The Morgan fingerprint density at radius 1 is 1.60 bits per heavy atom. The standard InChI is InChI=1S/C8H12N4O2S/c1-3-12-5-9-11-8(12)15-4-7(14)10-6(2)13/h5H,3-4H2,1-2H3,(H,10,13,14). The van der Waals surface area contributed by atoms with E-state index in [2.05, 4.69) is 15.5 Å². The molecule has 0 aromatic carbocycles. The monoisotopic (exact) mass is 228 g/mol. The number of aromatic nitrogens is 3. The largest absolute Gasteiger partial charge is 0.309 e. The minimum Gasteiger partial charge on any atom is -0.309 e. The van der Waals surface area contributed by atoms with E-state index in [1.54, 1.807) is 6.33 Å². The molecule has 6 nitrogen and oxygen atoms in total.